The Bertz CT molecular complexity index is 475. The van der Waals surface area contributed by atoms with Crippen molar-refractivity contribution in [3.63, 3.8) is 0 Å². The molecule has 1 radical (unpaired) electrons. The maximum absolute atomic E-state index is 5.43. The highest BCUT2D eigenvalue weighted by Gasteiger charge is 2.00. The van der Waals surface area contributed by atoms with Gasteiger partial charge in [0.15, 0.2) is 0 Å². The van der Waals surface area contributed by atoms with Gasteiger partial charge in [0.05, 0.1) is 13.7 Å². The molecule has 0 aromatic heterocycles. The van der Waals surface area contributed by atoms with E-state index in [9.17, 15) is 0 Å². The lowest BCUT2D eigenvalue weighted by Gasteiger charge is -2.06. The average Bonchev–Trinajstić information content (AvgIpc) is 2.40. The van der Waals surface area contributed by atoms with E-state index in [1.807, 2.05) is 49.4 Å². The first-order valence-electron chi connectivity index (χ1n) is 5.62. The van der Waals surface area contributed by atoms with Gasteiger partial charge in [0.25, 0.3) is 0 Å². The van der Waals surface area contributed by atoms with E-state index in [0.29, 0.717) is 6.61 Å². The van der Waals surface area contributed by atoms with Gasteiger partial charge in [-0.3, -0.25) is 0 Å². The standard InChI is InChI=1S/C15H15O2/c1-3-17-15-6-4-5-13(11-15)12-7-9-14(16-2)10-8-12/h4-5,7-11H,3H2,1-2H3. The third kappa shape index (κ3) is 2.78. The van der Waals surface area contributed by atoms with Crippen LogP contribution >= 0.6 is 0 Å². The molecule has 87 valence electrons. The highest BCUT2D eigenvalue weighted by molar-refractivity contribution is 5.65. The quantitative estimate of drug-likeness (QED) is 0.795. The van der Waals surface area contributed by atoms with Gasteiger partial charge in [-0.15, -0.1) is 0 Å². The minimum atomic E-state index is 0.655. The van der Waals surface area contributed by atoms with Crippen molar-refractivity contribution in [2.45, 2.75) is 6.92 Å². The lowest BCUT2D eigenvalue weighted by atomic mass is 10.1. The summed E-state index contributed by atoms with van der Waals surface area (Å²) in [6, 6.07) is 16.9. The first-order chi connectivity index (χ1) is 8.33. The fourth-order valence-electron chi connectivity index (χ4n) is 1.65. The van der Waals surface area contributed by atoms with Crippen LogP contribution in [0.15, 0.2) is 42.5 Å². The fraction of sp³-hybridized carbons (Fsp3) is 0.200. The molecule has 0 amide bonds. The van der Waals surface area contributed by atoms with Crippen molar-refractivity contribution in [1.29, 1.82) is 0 Å². The van der Waals surface area contributed by atoms with Crippen molar-refractivity contribution in [3.8, 4) is 22.6 Å². The van der Waals surface area contributed by atoms with Gasteiger partial charge in [-0.05, 0) is 42.3 Å². The van der Waals surface area contributed by atoms with Crippen molar-refractivity contribution < 1.29 is 9.47 Å². The molecular weight excluding hydrogens is 212 g/mol. The molecule has 0 fully saturated rings. The zero-order valence-electron chi connectivity index (χ0n) is 10.1. The van der Waals surface area contributed by atoms with Crippen molar-refractivity contribution in [2.24, 2.45) is 0 Å². The molecule has 0 saturated carbocycles. The lowest BCUT2D eigenvalue weighted by Crippen LogP contribution is -1.91. The first kappa shape index (κ1) is 11.5. The largest absolute Gasteiger partial charge is 0.497 e. The third-order valence-electron chi connectivity index (χ3n) is 2.50. The van der Waals surface area contributed by atoms with E-state index < -0.39 is 0 Å². The summed E-state index contributed by atoms with van der Waals surface area (Å²) < 4.78 is 10.6. The number of hydrogen-bond acceptors (Lipinski definition) is 2. The molecule has 0 unspecified atom stereocenters. The molecule has 2 heteroatoms. The molecular formula is C15H15O2. The molecule has 0 aliphatic heterocycles. The van der Waals surface area contributed by atoms with E-state index in [1.165, 1.54) is 0 Å². The average molecular weight is 227 g/mol. The Morgan fingerprint density at radius 1 is 1.06 bits per heavy atom. The summed E-state index contributed by atoms with van der Waals surface area (Å²) in [6.45, 7) is 2.62. The van der Waals surface area contributed by atoms with Crippen LogP contribution in [-0.2, 0) is 0 Å². The second-order valence-electron chi connectivity index (χ2n) is 3.60. The van der Waals surface area contributed by atoms with Gasteiger partial charge in [-0.1, -0.05) is 18.2 Å². The number of benzene rings is 2. The molecule has 2 nitrogen and oxygen atoms in total. The van der Waals surface area contributed by atoms with Gasteiger partial charge < -0.3 is 9.47 Å². The highest BCUT2D eigenvalue weighted by Crippen LogP contribution is 2.25. The summed E-state index contributed by atoms with van der Waals surface area (Å²) >= 11 is 0. The molecule has 0 N–H and O–H groups in total. The zero-order chi connectivity index (χ0) is 12.1. The second-order valence-corrected chi connectivity index (χ2v) is 3.60. The van der Waals surface area contributed by atoms with Gasteiger partial charge in [0, 0.05) is 6.07 Å². The molecule has 0 saturated heterocycles. The Kier molecular flexibility index (Phi) is 3.66. The van der Waals surface area contributed by atoms with E-state index in [0.717, 1.165) is 22.6 Å². The van der Waals surface area contributed by atoms with Crippen LogP contribution in [0.2, 0.25) is 0 Å². The minimum Gasteiger partial charge on any atom is -0.497 e. The molecule has 0 aliphatic carbocycles. The Morgan fingerprint density at radius 3 is 2.47 bits per heavy atom. The van der Waals surface area contributed by atoms with Gasteiger partial charge >= 0.3 is 0 Å². The first-order valence-corrected chi connectivity index (χ1v) is 5.62. The normalized spacial score (nSPS) is 10.0. The van der Waals surface area contributed by atoms with Gasteiger partial charge in [0.1, 0.15) is 11.5 Å². The molecule has 0 heterocycles. The Balaban J connectivity index is 2.28. The minimum absolute atomic E-state index is 0.655. The van der Waals surface area contributed by atoms with Crippen molar-refractivity contribution in [3.05, 3.63) is 48.5 Å². The van der Waals surface area contributed by atoms with Gasteiger partial charge in [0.2, 0.25) is 0 Å². The summed E-state index contributed by atoms with van der Waals surface area (Å²) in [7, 11) is 1.67. The second kappa shape index (κ2) is 5.39. The Labute approximate surface area is 102 Å². The van der Waals surface area contributed by atoms with Crippen LogP contribution in [0.4, 0.5) is 0 Å². The van der Waals surface area contributed by atoms with Crippen molar-refractivity contribution in [1.82, 2.24) is 0 Å². The summed E-state index contributed by atoms with van der Waals surface area (Å²) in [5.41, 5.74) is 2.26. The Morgan fingerprint density at radius 2 is 1.82 bits per heavy atom. The van der Waals surface area contributed by atoms with Crippen LogP contribution in [-0.4, -0.2) is 13.7 Å². The van der Waals surface area contributed by atoms with Crippen LogP contribution in [0.1, 0.15) is 6.92 Å². The molecule has 0 bridgehead atoms. The maximum Gasteiger partial charge on any atom is 0.127 e. The summed E-state index contributed by atoms with van der Waals surface area (Å²) in [5, 5.41) is 0. The van der Waals surface area contributed by atoms with E-state index in [-0.39, 0.29) is 0 Å². The number of methoxy groups -OCH3 is 1. The number of hydrogen-bond donors (Lipinski definition) is 0. The number of rotatable bonds is 4. The summed E-state index contributed by atoms with van der Waals surface area (Å²) in [6.07, 6.45) is 0. The van der Waals surface area contributed by atoms with Crippen LogP contribution in [0.5, 0.6) is 11.5 Å². The summed E-state index contributed by atoms with van der Waals surface area (Å²) in [4.78, 5) is 0. The molecule has 2 aromatic rings. The van der Waals surface area contributed by atoms with Crippen LogP contribution in [0.3, 0.4) is 0 Å². The van der Waals surface area contributed by atoms with Crippen molar-refractivity contribution >= 4 is 0 Å². The number of ether oxygens (including phenoxy) is 2. The summed E-state index contributed by atoms with van der Waals surface area (Å²) in [5.74, 6) is 1.64. The maximum atomic E-state index is 5.43. The zero-order valence-corrected chi connectivity index (χ0v) is 10.1. The van der Waals surface area contributed by atoms with E-state index >= 15 is 0 Å². The fourth-order valence-corrected chi connectivity index (χ4v) is 1.65. The van der Waals surface area contributed by atoms with Crippen LogP contribution in [0.25, 0.3) is 11.1 Å². The molecule has 0 aliphatic rings. The predicted octanol–water partition coefficient (Wildman–Crippen LogP) is 3.56. The molecule has 0 atom stereocenters. The van der Waals surface area contributed by atoms with Crippen LogP contribution in [0, 0.1) is 6.07 Å². The highest BCUT2D eigenvalue weighted by atomic mass is 16.5. The third-order valence-corrected chi connectivity index (χ3v) is 2.50. The van der Waals surface area contributed by atoms with E-state index in [1.54, 1.807) is 7.11 Å². The molecule has 2 aromatic carbocycles. The predicted molar refractivity (Wildman–Crippen MR) is 68.4 cm³/mol. The lowest BCUT2D eigenvalue weighted by molar-refractivity contribution is 0.339. The molecule has 17 heavy (non-hydrogen) atoms. The monoisotopic (exact) mass is 227 g/mol. The van der Waals surface area contributed by atoms with E-state index in [4.69, 9.17) is 9.47 Å². The van der Waals surface area contributed by atoms with Crippen molar-refractivity contribution in [2.75, 3.05) is 13.7 Å². The smallest absolute Gasteiger partial charge is 0.127 e. The SMILES string of the molecule is CCOc1[c]ccc(-c2ccc(OC)cc2)c1. The van der Waals surface area contributed by atoms with Gasteiger partial charge in [-0.2, -0.15) is 0 Å². The molecule has 0 spiro atoms. The van der Waals surface area contributed by atoms with E-state index in [2.05, 4.69) is 6.07 Å². The van der Waals surface area contributed by atoms with Gasteiger partial charge in [-0.25, -0.2) is 0 Å². The molecule has 2 rings (SSSR count). The Hall–Kier alpha value is -1.96. The topological polar surface area (TPSA) is 18.5 Å². The van der Waals surface area contributed by atoms with Crippen LogP contribution < -0.4 is 9.47 Å².